The van der Waals surface area contributed by atoms with E-state index in [0.717, 1.165) is 19.4 Å². The average Bonchev–Trinajstić information content (AvgIpc) is 3.07. The largest absolute Gasteiger partial charge is 0.469 e. The Morgan fingerprint density at radius 1 is 1.26 bits per heavy atom. The van der Waals surface area contributed by atoms with Gasteiger partial charge in [-0.05, 0) is 31.4 Å². The van der Waals surface area contributed by atoms with Crippen LogP contribution < -0.4 is 0 Å². The number of furan rings is 1. The number of carbonyl (C=O) groups excluding carboxylic acids is 1. The van der Waals surface area contributed by atoms with Crippen LogP contribution in [0.15, 0.2) is 22.8 Å². The van der Waals surface area contributed by atoms with Gasteiger partial charge in [-0.15, -0.1) is 0 Å². The van der Waals surface area contributed by atoms with E-state index in [0.29, 0.717) is 18.8 Å². The molecular formula is C17H21F2NO3. The minimum atomic E-state index is -2.72. The quantitative estimate of drug-likeness (QED) is 0.785. The molecule has 1 aliphatic carbocycles. The Bertz CT molecular complexity index is 573. The summed E-state index contributed by atoms with van der Waals surface area (Å²) in [5.41, 5.74) is 0.0107. The molecule has 1 aromatic rings. The first-order chi connectivity index (χ1) is 11.0. The van der Waals surface area contributed by atoms with Gasteiger partial charge in [-0.1, -0.05) is 0 Å². The highest BCUT2D eigenvalue weighted by atomic mass is 19.3. The first-order valence-electron chi connectivity index (χ1n) is 8.32. The van der Waals surface area contributed by atoms with Crippen LogP contribution in [-0.4, -0.2) is 42.0 Å². The van der Waals surface area contributed by atoms with Crippen LogP contribution in [-0.2, 0) is 9.53 Å². The molecule has 2 unspecified atom stereocenters. The van der Waals surface area contributed by atoms with Crippen molar-refractivity contribution in [2.24, 2.45) is 5.92 Å². The fourth-order valence-electron chi connectivity index (χ4n) is 3.99. The van der Waals surface area contributed by atoms with E-state index in [1.165, 1.54) is 6.26 Å². The van der Waals surface area contributed by atoms with Crippen molar-refractivity contribution < 1.29 is 22.7 Å². The van der Waals surface area contributed by atoms with E-state index in [9.17, 15) is 13.6 Å². The van der Waals surface area contributed by atoms with E-state index in [4.69, 9.17) is 9.15 Å². The summed E-state index contributed by atoms with van der Waals surface area (Å²) in [6.07, 6.45) is 2.88. The highest BCUT2D eigenvalue weighted by Crippen LogP contribution is 2.47. The van der Waals surface area contributed by atoms with Crippen LogP contribution in [0.25, 0.3) is 0 Å². The van der Waals surface area contributed by atoms with Gasteiger partial charge in [0.15, 0.2) is 0 Å². The molecule has 3 aliphatic rings. The van der Waals surface area contributed by atoms with Crippen LogP contribution in [0, 0.1) is 5.92 Å². The minimum absolute atomic E-state index is 0.00241. The zero-order chi connectivity index (χ0) is 16.1. The number of carbonyl (C=O) groups is 1. The van der Waals surface area contributed by atoms with Crippen molar-refractivity contribution in [2.75, 3.05) is 19.7 Å². The summed E-state index contributed by atoms with van der Waals surface area (Å²) < 4.78 is 38.5. The summed E-state index contributed by atoms with van der Waals surface area (Å²) in [5, 5.41) is 0. The second-order valence-electron chi connectivity index (χ2n) is 7.12. The lowest BCUT2D eigenvalue weighted by Gasteiger charge is -2.39. The smallest absolute Gasteiger partial charge is 0.248 e. The Morgan fingerprint density at radius 3 is 2.61 bits per heavy atom. The monoisotopic (exact) mass is 325 g/mol. The number of hydrogen-bond donors (Lipinski definition) is 0. The lowest BCUT2D eigenvalue weighted by atomic mass is 9.75. The van der Waals surface area contributed by atoms with Gasteiger partial charge in [-0.25, -0.2) is 8.78 Å². The minimum Gasteiger partial charge on any atom is -0.469 e. The molecule has 1 saturated carbocycles. The topological polar surface area (TPSA) is 46.0 Å². The zero-order valence-corrected chi connectivity index (χ0v) is 13.0. The second kappa shape index (κ2) is 5.30. The van der Waals surface area contributed by atoms with Crippen molar-refractivity contribution in [3.63, 3.8) is 0 Å². The van der Waals surface area contributed by atoms with Crippen LogP contribution >= 0.6 is 0 Å². The van der Waals surface area contributed by atoms with Crippen LogP contribution in [0.3, 0.4) is 0 Å². The maximum Gasteiger partial charge on any atom is 0.248 e. The van der Waals surface area contributed by atoms with E-state index >= 15 is 0 Å². The number of hydrogen-bond acceptors (Lipinski definition) is 3. The van der Waals surface area contributed by atoms with Gasteiger partial charge in [-0.2, -0.15) is 0 Å². The van der Waals surface area contributed by atoms with Gasteiger partial charge in [0.1, 0.15) is 5.76 Å². The number of nitrogens with zero attached hydrogens (tertiary/aromatic N) is 1. The van der Waals surface area contributed by atoms with E-state index in [1.54, 1.807) is 12.1 Å². The lowest BCUT2D eigenvalue weighted by Crippen LogP contribution is -2.47. The molecule has 4 nitrogen and oxygen atoms in total. The van der Waals surface area contributed by atoms with E-state index in [1.807, 2.05) is 4.90 Å². The first kappa shape index (κ1) is 15.1. The Kier molecular flexibility index (Phi) is 3.48. The summed E-state index contributed by atoms with van der Waals surface area (Å²) >= 11 is 0. The summed E-state index contributed by atoms with van der Waals surface area (Å²) in [6, 6.07) is 3.40. The Morgan fingerprint density at radius 2 is 2.00 bits per heavy atom. The van der Waals surface area contributed by atoms with Gasteiger partial charge >= 0.3 is 0 Å². The van der Waals surface area contributed by atoms with Crippen molar-refractivity contribution in [2.45, 2.75) is 49.5 Å². The summed E-state index contributed by atoms with van der Waals surface area (Å²) in [4.78, 5) is 14.7. The molecule has 0 bridgehead atoms. The number of epoxide rings is 1. The van der Waals surface area contributed by atoms with Gasteiger partial charge in [0.05, 0.1) is 18.5 Å². The number of alkyl halides is 2. The zero-order valence-electron chi connectivity index (χ0n) is 13.0. The molecule has 1 spiro atoms. The van der Waals surface area contributed by atoms with Crippen LogP contribution in [0.4, 0.5) is 8.78 Å². The predicted molar refractivity (Wildman–Crippen MR) is 78.2 cm³/mol. The normalized spacial score (nSPS) is 32.0. The second-order valence-corrected chi connectivity index (χ2v) is 7.12. The van der Waals surface area contributed by atoms with E-state index in [2.05, 4.69) is 0 Å². The van der Waals surface area contributed by atoms with Crippen LogP contribution in [0.2, 0.25) is 0 Å². The van der Waals surface area contributed by atoms with Crippen molar-refractivity contribution in [1.82, 2.24) is 4.90 Å². The number of halogens is 2. The van der Waals surface area contributed by atoms with Gasteiger partial charge in [-0.3, -0.25) is 4.79 Å². The Labute approximate surface area is 133 Å². The standard InChI is InChI=1S/C17H21F2NO3/c18-17(19)4-3-12(13(10-17)14-2-1-9-22-14)15(21)20-7-5-16(6-8-20)11-23-16/h1-2,9,12-13H,3-8,10-11H2. The molecule has 3 fully saturated rings. The molecule has 0 aromatic carbocycles. The number of likely N-dealkylation sites (tertiary alicyclic amines) is 1. The summed E-state index contributed by atoms with van der Waals surface area (Å²) in [6.45, 7) is 2.12. The maximum atomic E-state index is 13.9. The number of rotatable bonds is 2. The molecule has 2 saturated heterocycles. The molecule has 0 radical (unpaired) electrons. The van der Waals surface area contributed by atoms with Gasteiger partial charge < -0.3 is 14.1 Å². The fourth-order valence-corrected chi connectivity index (χ4v) is 3.99. The number of amides is 1. The maximum absolute atomic E-state index is 13.9. The third-order valence-electron chi connectivity index (χ3n) is 5.59. The molecule has 23 heavy (non-hydrogen) atoms. The average molecular weight is 325 g/mol. The number of ether oxygens (including phenoxy) is 1. The van der Waals surface area contributed by atoms with Gasteiger partial charge in [0, 0.05) is 37.8 Å². The molecule has 4 rings (SSSR count). The molecule has 2 atom stereocenters. The molecule has 126 valence electrons. The predicted octanol–water partition coefficient (Wildman–Crippen LogP) is 3.19. The van der Waals surface area contributed by atoms with E-state index < -0.39 is 17.8 Å². The van der Waals surface area contributed by atoms with Crippen molar-refractivity contribution >= 4 is 5.91 Å². The summed E-state index contributed by atoms with van der Waals surface area (Å²) in [7, 11) is 0. The number of piperidine rings is 1. The molecule has 1 amide bonds. The molecule has 3 heterocycles. The molecule has 6 heteroatoms. The molecule has 1 aromatic heterocycles. The van der Waals surface area contributed by atoms with Crippen molar-refractivity contribution in [3.8, 4) is 0 Å². The van der Waals surface area contributed by atoms with Crippen molar-refractivity contribution in [1.29, 1.82) is 0 Å². The van der Waals surface area contributed by atoms with Crippen LogP contribution in [0.1, 0.15) is 43.8 Å². The van der Waals surface area contributed by atoms with Gasteiger partial charge in [0.25, 0.3) is 0 Å². The Balaban J connectivity index is 1.50. The Hall–Kier alpha value is -1.43. The first-order valence-corrected chi connectivity index (χ1v) is 8.32. The lowest BCUT2D eigenvalue weighted by molar-refractivity contribution is -0.143. The van der Waals surface area contributed by atoms with Crippen LogP contribution in [0.5, 0.6) is 0 Å². The molecular weight excluding hydrogens is 304 g/mol. The highest BCUT2D eigenvalue weighted by molar-refractivity contribution is 5.80. The third-order valence-corrected chi connectivity index (χ3v) is 5.59. The molecule has 2 aliphatic heterocycles. The third kappa shape index (κ3) is 2.89. The van der Waals surface area contributed by atoms with Crippen molar-refractivity contribution in [3.05, 3.63) is 24.2 Å². The highest BCUT2D eigenvalue weighted by Gasteiger charge is 2.50. The fraction of sp³-hybridized carbons (Fsp3) is 0.706. The van der Waals surface area contributed by atoms with E-state index in [-0.39, 0.29) is 30.8 Å². The summed E-state index contributed by atoms with van der Waals surface area (Å²) in [5.74, 6) is -3.16. The molecule has 0 N–H and O–H groups in total. The SMILES string of the molecule is O=C(C1CCC(F)(F)CC1c1ccco1)N1CCC2(CC1)CO2. The van der Waals surface area contributed by atoms with Gasteiger partial charge in [0.2, 0.25) is 11.8 Å².